The van der Waals surface area contributed by atoms with Crippen molar-refractivity contribution in [2.45, 2.75) is 0 Å². The molecule has 0 spiro atoms. The molecule has 0 radical (unpaired) electrons. The molecule has 0 saturated carbocycles. The van der Waals surface area contributed by atoms with Gasteiger partial charge in [0, 0.05) is 17.3 Å². The van der Waals surface area contributed by atoms with Crippen molar-refractivity contribution in [1.82, 2.24) is 0 Å². The van der Waals surface area contributed by atoms with E-state index in [2.05, 4.69) is 5.32 Å². The number of nitrogens with one attached hydrogen (secondary N) is 1. The fourth-order valence-electron chi connectivity index (χ4n) is 1.84. The molecule has 19 heavy (non-hydrogen) atoms. The van der Waals surface area contributed by atoms with Gasteiger partial charge < -0.3 is 15.8 Å². The summed E-state index contributed by atoms with van der Waals surface area (Å²) in [6, 6.07) is 15.5. The summed E-state index contributed by atoms with van der Waals surface area (Å²) < 4.78 is 5.37. The second kappa shape index (κ2) is 6.02. The zero-order valence-electron chi connectivity index (χ0n) is 10.7. The molecule has 0 heterocycles. The highest BCUT2D eigenvalue weighted by atomic mass is 16.5. The molecule has 98 valence electrons. The number of methoxy groups -OCH3 is 1. The van der Waals surface area contributed by atoms with Gasteiger partial charge in [0.2, 0.25) is 5.91 Å². The predicted molar refractivity (Wildman–Crippen MR) is 76.1 cm³/mol. The number of benzene rings is 2. The lowest BCUT2D eigenvalue weighted by Gasteiger charge is -2.11. The minimum atomic E-state index is -0.227. The number of carbonyl (C=O) groups excluding carboxylic acids is 1. The van der Waals surface area contributed by atoms with Gasteiger partial charge in [0.15, 0.2) is 0 Å². The van der Waals surface area contributed by atoms with Crippen molar-refractivity contribution in [2.24, 2.45) is 5.73 Å². The lowest BCUT2D eigenvalue weighted by atomic mass is 10.0. The molecule has 0 fully saturated rings. The third kappa shape index (κ3) is 3.11. The maximum Gasteiger partial charge on any atom is 0.238 e. The van der Waals surface area contributed by atoms with Crippen LogP contribution in [-0.2, 0) is 4.79 Å². The van der Waals surface area contributed by atoms with Crippen molar-refractivity contribution in [3.8, 4) is 16.9 Å². The lowest BCUT2D eigenvalue weighted by Crippen LogP contribution is -2.21. The number of carbonyl (C=O) groups is 1. The molecule has 0 aliphatic rings. The van der Waals surface area contributed by atoms with Gasteiger partial charge in [0.1, 0.15) is 5.75 Å². The molecule has 3 N–H and O–H groups in total. The van der Waals surface area contributed by atoms with Gasteiger partial charge in [0.25, 0.3) is 0 Å². The van der Waals surface area contributed by atoms with E-state index in [1.54, 1.807) is 13.2 Å². The molecule has 0 unspecified atom stereocenters. The van der Waals surface area contributed by atoms with Gasteiger partial charge in [0.05, 0.1) is 13.7 Å². The van der Waals surface area contributed by atoms with E-state index in [9.17, 15) is 4.79 Å². The van der Waals surface area contributed by atoms with Crippen molar-refractivity contribution in [3.05, 3.63) is 48.5 Å². The van der Waals surface area contributed by atoms with Crippen molar-refractivity contribution in [1.29, 1.82) is 0 Å². The lowest BCUT2D eigenvalue weighted by molar-refractivity contribution is -0.114. The monoisotopic (exact) mass is 256 g/mol. The number of hydrogen-bond donors (Lipinski definition) is 2. The molecule has 4 nitrogen and oxygen atoms in total. The van der Waals surface area contributed by atoms with Crippen LogP contribution in [0.3, 0.4) is 0 Å². The summed E-state index contributed by atoms with van der Waals surface area (Å²) in [5.74, 6) is 0.482. The van der Waals surface area contributed by atoms with Crippen LogP contribution in [0.15, 0.2) is 48.5 Å². The number of rotatable bonds is 4. The summed E-state index contributed by atoms with van der Waals surface area (Å²) in [5.41, 5.74) is 7.99. The Labute approximate surface area is 112 Å². The predicted octanol–water partition coefficient (Wildman–Crippen LogP) is 2.26. The Balaban J connectivity index is 2.34. The fourth-order valence-corrected chi connectivity index (χ4v) is 1.84. The average molecular weight is 256 g/mol. The van der Waals surface area contributed by atoms with E-state index in [1.165, 1.54) is 0 Å². The fraction of sp³-hybridized carbons (Fsp3) is 0.133. The van der Waals surface area contributed by atoms with E-state index in [4.69, 9.17) is 10.5 Å². The highest BCUT2D eigenvalue weighted by Crippen LogP contribution is 2.32. The normalized spacial score (nSPS) is 10.0. The van der Waals surface area contributed by atoms with E-state index in [1.807, 2.05) is 42.5 Å². The van der Waals surface area contributed by atoms with Gasteiger partial charge in [-0.3, -0.25) is 4.79 Å². The van der Waals surface area contributed by atoms with Crippen LogP contribution in [0, 0.1) is 0 Å². The van der Waals surface area contributed by atoms with Crippen molar-refractivity contribution >= 4 is 11.6 Å². The van der Waals surface area contributed by atoms with E-state index in [-0.39, 0.29) is 12.5 Å². The number of hydrogen-bond acceptors (Lipinski definition) is 3. The van der Waals surface area contributed by atoms with Crippen LogP contribution in [-0.4, -0.2) is 19.6 Å². The standard InChI is InChI=1S/C15H16N2O2/c1-19-14-9-12(17-15(18)10-16)7-8-13(14)11-5-3-2-4-6-11/h2-9H,10,16H2,1H3,(H,17,18). The minimum absolute atomic E-state index is 0.0389. The van der Waals surface area contributed by atoms with Crippen LogP contribution in [0.2, 0.25) is 0 Å². The summed E-state index contributed by atoms with van der Waals surface area (Å²) in [6.07, 6.45) is 0. The Morgan fingerprint density at radius 1 is 1.21 bits per heavy atom. The number of amides is 1. The smallest absolute Gasteiger partial charge is 0.238 e. The summed E-state index contributed by atoms with van der Waals surface area (Å²) in [6.45, 7) is -0.0389. The first-order valence-corrected chi connectivity index (χ1v) is 5.98. The van der Waals surface area contributed by atoms with Crippen LogP contribution < -0.4 is 15.8 Å². The van der Waals surface area contributed by atoms with Crippen molar-refractivity contribution < 1.29 is 9.53 Å². The molecule has 4 heteroatoms. The molecule has 2 aromatic carbocycles. The zero-order valence-corrected chi connectivity index (χ0v) is 10.7. The third-order valence-corrected chi connectivity index (χ3v) is 2.76. The number of nitrogens with two attached hydrogens (primary N) is 1. The van der Waals surface area contributed by atoms with Gasteiger partial charge in [-0.15, -0.1) is 0 Å². The number of anilines is 1. The van der Waals surface area contributed by atoms with Gasteiger partial charge in [-0.25, -0.2) is 0 Å². The van der Waals surface area contributed by atoms with E-state index < -0.39 is 0 Å². The SMILES string of the molecule is COc1cc(NC(=O)CN)ccc1-c1ccccc1. The summed E-state index contributed by atoms with van der Waals surface area (Å²) in [4.78, 5) is 11.3. The second-order valence-corrected chi connectivity index (χ2v) is 4.03. The Kier molecular flexibility index (Phi) is 4.15. The Morgan fingerprint density at radius 3 is 2.58 bits per heavy atom. The molecule has 0 aromatic heterocycles. The largest absolute Gasteiger partial charge is 0.496 e. The maximum absolute atomic E-state index is 11.3. The van der Waals surface area contributed by atoms with Gasteiger partial charge in [-0.05, 0) is 17.7 Å². The van der Waals surface area contributed by atoms with E-state index in [0.29, 0.717) is 11.4 Å². The van der Waals surface area contributed by atoms with Crippen LogP contribution in [0.4, 0.5) is 5.69 Å². The first-order chi connectivity index (χ1) is 9.24. The molecule has 2 rings (SSSR count). The molecule has 0 aliphatic carbocycles. The quantitative estimate of drug-likeness (QED) is 0.882. The molecule has 1 amide bonds. The molecule has 0 aliphatic heterocycles. The van der Waals surface area contributed by atoms with Crippen LogP contribution >= 0.6 is 0 Å². The Bertz CT molecular complexity index is 568. The summed E-state index contributed by atoms with van der Waals surface area (Å²) in [5, 5.41) is 2.70. The van der Waals surface area contributed by atoms with Crippen LogP contribution in [0.5, 0.6) is 5.75 Å². The molecular weight excluding hydrogens is 240 g/mol. The molecule has 0 atom stereocenters. The van der Waals surface area contributed by atoms with E-state index in [0.717, 1.165) is 11.1 Å². The second-order valence-electron chi connectivity index (χ2n) is 4.03. The van der Waals surface area contributed by atoms with Crippen molar-refractivity contribution in [2.75, 3.05) is 19.0 Å². The first kappa shape index (κ1) is 13.1. The van der Waals surface area contributed by atoms with Gasteiger partial charge in [-0.1, -0.05) is 30.3 Å². The average Bonchev–Trinajstić information content (AvgIpc) is 2.47. The van der Waals surface area contributed by atoms with E-state index >= 15 is 0 Å². The highest BCUT2D eigenvalue weighted by Gasteiger charge is 2.07. The highest BCUT2D eigenvalue weighted by molar-refractivity contribution is 5.92. The van der Waals surface area contributed by atoms with Gasteiger partial charge in [-0.2, -0.15) is 0 Å². The summed E-state index contributed by atoms with van der Waals surface area (Å²) in [7, 11) is 1.61. The van der Waals surface area contributed by atoms with Crippen molar-refractivity contribution in [3.63, 3.8) is 0 Å². The number of ether oxygens (including phenoxy) is 1. The molecule has 0 saturated heterocycles. The first-order valence-electron chi connectivity index (χ1n) is 5.98. The molecular formula is C15H16N2O2. The molecule has 0 bridgehead atoms. The van der Waals surface area contributed by atoms with Gasteiger partial charge >= 0.3 is 0 Å². The van der Waals surface area contributed by atoms with Crippen LogP contribution in [0.1, 0.15) is 0 Å². The Hall–Kier alpha value is -2.33. The topological polar surface area (TPSA) is 64.3 Å². The Morgan fingerprint density at radius 2 is 1.95 bits per heavy atom. The van der Waals surface area contributed by atoms with Crippen LogP contribution in [0.25, 0.3) is 11.1 Å². The molecule has 2 aromatic rings. The third-order valence-electron chi connectivity index (χ3n) is 2.76. The zero-order chi connectivity index (χ0) is 13.7. The minimum Gasteiger partial charge on any atom is -0.496 e. The summed E-state index contributed by atoms with van der Waals surface area (Å²) >= 11 is 0. The maximum atomic E-state index is 11.3.